The molecule has 0 atom stereocenters. The summed E-state index contributed by atoms with van der Waals surface area (Å²) in [6, 6.07) is 6.83. The van der Waals surface area contributed by atoms with Gasteiger partial charge in [-0.1, -0.05) is 0 Å². The Hall–Kier alpha value is -3.09. The van der Waals surface area contributed by atoms with Gasteiger partial charge in [0, 0.05) is 18.0 Å². The van der Waals surface area contributed by atoms with Crippen molar-refractivity contribution in [3.63, 3.8) is 0 Å². The predicted octanol–water partition coefficient (Wildman–Crippen LogP) is 1.58. The van der Waals surface area contributed by atoms with Crippen molar-refractivity contribution in [1.29, 1.82) is 0 Å². The Balaban J connectivity index is 1.72. The van der Waals surface area contributed by atoms with E-state index in [0.717, 1.165) is 0 Å². The number of hydrazone groups is 1. The fourth-order valence-corrected chi connectivity index (χ4v) is 1.95. The van der Waals surface area contributed by atoms with Gasteiger partial charge in [-0.25, -0.2) is 5.43 Å². The van der Waals surface area contributed by atoms with E-state index < -0.39 is 0 Å². The van der Waals surface area contributed by atoms with Crippen molar-refractivity contribution in [2.45, 2.75) is 0 Å². The number of pyridine rings is 1. The van der Waals surface area contributed by atoms with Crippen molar-refractivity contribution in [2.75, 3.05) is 13.9 Å². The van der Waals surface area contributed by atoms with Crippen LogP contribution in [0.25, 0.3) is 0 Å². The van der Waals surface area contributed by atoms with E-state index in [1.807, 2.05) is 0 Å². The number of carbonyl (C=O) groups excluding carboxylic acids is 1. The summed E-state index contributed by atoms with van der Waals surface area (Å²) in [5, 5.41) is 3.91. The topological polar surface area (TPSA) is 82.0 Å². The summed E-state index contributed by atoms with van der Waals surface area (Å²) >= 11 is 0. The molecule has 7 nitrogen and oxygen atoms in total. The summed E-state index contributed by atoms with van der Waals surface area (Å²) in [6.07, 6.45) is 4.56. The van der Waals surface area contributed by atoms with Gasteiger partial charge in [0.1, 0.15) is 0 Å². The van der Waals surface area contributed by atoms with E-state index in [2.05, 4.69) is 15.5 Å². The van der Waals surface area contributed by atoms with Crippen molar-refractivity contribution in [1.82, 2.24) is 10.4 Å². The van der Waals surface area contributed by atoms with Crippen LogP contribution in [0.1, 0.15) is 15.9 Å². The second-order valence-corrected chi connectivity index (χ2v) is 4.40. The minimum Gasteiger partial charge on any atom is -0.493 e. The Morgan fingerprint density at radius 1 is 1.45 bits per heavy atom. The third-order valence-corrected chi connectivity index (χ3v) is 2.98. The highest BCUT2D eigenvalue weighted by Crippen LogP contribution is 2.41. The largest absolute Gasteiger partial charge is 0.493 e. The van der Waals surface area contributed by atoms with E-state index in [4.69, 9.17) is 14.2 Å². The van der Waals surface area contributed by atoms with Gasteiger partial charge in [0.05, 0.1) is 18.9 Å². The molecule has 0 bridgehead atoms. The van der Waals surface area contributed by atoms with Crippen LogP contribution in [0.5, 0.6) is 17.2 Å². The first-order valence-corrected chi connectivity index (χ1v) is 6.49. The first-order chi connectivity index (χ1) is 10.8. The van der Waals surface area contributed by atoms with Gasteiger partial charge in [-0.2, -0.15) is 5.10 Å². The molecule has 0 aliphatic carbocycles. The minimum atomic E-state index is -0.336. The molecular weight excluding hydrogens is 286 g/mol. The van der Waals surface area contributed by atoms with Crippen LogP contribution in [0.3, 0.4) is 0 Å². The standard InChI is InChI=1S/C15H13N3O4/c1-20-12-5-10(6-13-14(12)22-9-21-13)7-17-18-15(19)11-3-2-4-16-8-11/h2-8H,9H2,1H3,(H,18,19)/b17-7+. The number of nitrogens with zero attached hydrogens (tertiary/aromatic N) is 2. The van der Waals surface area contributed by atoms with Crippen LogP contribution in [0.2, 0.25) is 0 Å². The molecule has 22 heavy (non-hydrogen) atoms. The molecule has 1 aromatic carbocycles. The Bertz CT molecular complexity index is 716. The molecule has 1 N–H and O–H groups in total. The lowest BCUT2D eigenvalue weighted by Crippen LogP contribution is -2.17. The fraction of sp³-hybridized carbons (Fsp3) is 0.133. The number of hydrogen-bond donors (Lipinski definition) is 1. The molecule has 1 aliphatic rings. The molecule has 0 radical (unpaired) electrons. The van der Waals surface area contributed by atoms with E-state index in [1.165, 1.54) is 12.4 Å². The number of rotatable bonds is 4. The maximum Gasteiger partial charge on any atom is 0.272 e. The van der Waals surface area contributed by atoms with Crippen molar-refractivity contribution < 1.29 is 19.0 Å². The lowest BCUT2D eigenvalue weighted by molar-refractivity contribution is 0.0955. The molecule has 0 spiro atoms. The molecule has 0 unspecified atom stereocenters. The van der Waals surface area contributed by atoms with Gasteiger partial charge in [-0.05, 0) is 24.3 Å². The molecule has 0 saturated heterocycles. The third-order valence-electron chi connectivity index (χ3n) is 2.98. The van der Waals surface area contributed by atoms with Crippen molar-refractivity contribution in [3.05, 3.63) is 47.8 Å². The Labute approximate surface area is 126 Å². The van der Waals surface area contributed by atoms with Crippen molar-refractivity contribution in [3.8, 4) is 17.2 Å². The number of aromatic nitrogens is 1. The van der Waals surface area contributed by atoms with Crippen LogP contribution in [0.4, 0.5) is 0 Å². The number of carbonyl (C=O) groups is 1. The Morgan fingerprint density at radius 2 is 2.36 bits per heavy atom. The average Bonchev–Trinajstić information content (AvgIpc) is 3.03. The zero-order chi connectivity index (χ0) is 15.4. The summed E-state index contributed by atoms with van der Waals surface area (Å²) in [4.78, 5) is 15.7. The monoisotopic (exact) mass is 299 g/mol. The summed E-state index contributed by atoms with van der Waals surface area (Å²) in [7, 11) is 1.54. The van der Waals surface area contributed by atoms with Gasteiger partial charge in [-0.3, -0.25) is 9.78 Å². The molecule has 1 aliphatic heterocycles. The predicted molar refractivity (Wildman–Crippen MR) is 78.4 cm³/mol. The number of methoxy groups -OCH3 is 1. The summed E-state index contributed by atoms with van der Waals surface area (Å²) in [5.74, 6) is 1.37. The van der Waals surface area contributed by atoms with Crippen LogP contribution in [-0.4, -0.2) is 31.0 Å². The van der Waals surface area contributed by atoms with Crippen LogP contribution in [0.15, 0.2) is 41.8 Å². The molecule has 7 heteroatoms. The molecule has 2 aromatic rings. The lowest BCUT2D eigenvalue weighted by Gasteiger charge is -2.05. The second kappa shape index (κ2) is 6.13. The summed E-state index contributed by atoms with van der Waals surface area (Å²) in [5.41, 5.74) is 3.58. The Morgan fingerprint density at radius 3 is 3.14 bits per heavy atom. The maximum atomic E-state index is 11.8. The van der Waals surface area contributed by atoms with Gasteiger partial charge in [0.25, 0.3) is 5.91 Å². The normalized spacial score (nSPS) is 12.4. The first kappa shape index (κ1) is 13.9. The van der Waals surface area contributed by atoms with Gasteiger partial charge in [0.2, 0.25) is 12.5 Å². The van der Waals surface area contributed by atoms with Crippen LogP contribution in [-0.2, 0) is 0 Å². The number of benzene rings is 1. The molecule has 1 aromatic heterocycles. The lowest BCUT2D eigenvalue weighted by atomic mass is 10.2. The minimum absolute atomic E-state index is 0.157. The molecule has 112 valence electrons. The van der Waals surface area contributed by atoms with Gasteiger partial charge >= 0.3 is 0 Å². The Kier molecular flexibility index (Phi) is 3.86. The fourth-order valence-electron chi connectivity index (χ4n) is 1.95. The smallest absolute Gasteiger partial charge is 0.272 e. The van der Waals surface area contributed by atoms with E-state index in [0.29, 0.717) is 28.4 Å². The van der Waals surface area contributed by atoms with Gasteiger partial charge in [0.15, 0.2) is 11.5 Å². The second-order valence-electron chi connectivity index (χ2n) is 4.40. The number of hydrogen-bond acceptors (Lipinski definition) is 6. The highest BCUT2D eigenvalue weighted by molar-refractivity contribution is 5.94. The molecule has 1 amide bonds. The van der Waals surface area contributed by atoms with E-state index in [-0.39, 0.29) is 12.7 Å². The number of ether oxygens (including phenoxy) is 3. The highest BCUT2D eigenvalue weighted by Gasteiger charge is 2.19. The molecular formula is C15H13N3O4. The summed E-state index contributed by atoms with van der Waals surface area (Å²) in [6.45, 7) is 0.157. The first-order valence-electron chi connectivity index (χ1n) is 6.49. The third kappa shape index (κ3) is 2.83. The molecule has 0 saturated carbocycles. The van der Waals surface area contributed by atoms with Crippen LogP contribution in [0, 0.1) is 0 Å². The van der Waals surface area contributed by atoms with Crippen molar-refractivity contribution in [2.24, 2.45) is 5.10 Å². The van der Waals surface area contributed by atoms with E-state index >= 15 is 0 Å². The number of nitrogens with one attached hydrogen (secondary N) is 1. The highest BCUT2D eigenvalue weighted by atomic mass is 16.7. The SMILES string of the molecule is COc1cc(/C=N/NC(=O)c2cccnc2)cc2c1OCO2. The molecule has 3 rings (SSSR count). The number of fused-ring (bicyclic) bond motifs is 1. The van der Waals surface area contributed by atoms with Gasteiger partial charge in [-0.15, -0.1) is 0 Å². The van der Waals surface area contributed by atoms with Gasteiger partial charge < -0.3 is 14.2 Å². The van der Waals surface area contributed by atoms with Crippen molar-refractivity contribution >= 4 is 12.1 Å². The zero-order valence-electron chi connectivity index (χ0n) is 11.8. The quantitative estimate of drug-likeness (QED) is 0.684. The zero-order valence-corrected chi connectivity index (χ0v) is 11.8. The summed E-state index contributed by atoms with van der Waals surface area (Å²) < 4.78 is 15.9. The van der Waals surface area contributed by atoms with E-state index in [9.17, 15) is 4.79 Å². The van der Waals surface area contributed by atoms with Crippen LogP contribution < -0.4 is 19.6 Å². The maximum absolute atomic E-state index is 11.8. The average molecular weight is 299 g/mol. The number of amides is 1. The van der Waals surface area contributed by atoms with E-state index in [1.54, 1.807) is 37.6 Å². The molecule has 2 heterocycles. The van der Waals surface area contributed by atoms with Crippen LogP contribution >= 0.6 is 0 Å². The molecule has 0 fully saturated rings.